The molecule has 7 nitrogen and oxygen atoms in total. The van der Waals surface area contributed by atoms with Gasteiger partial charge in [-0.05, 0) is 97.4 Å². The van der Waals surface area contributed by atoms with E-state index in [1.165, 1.54) is 11.0 Å². The van der Waals surface area contributed by atoms with Gasteiger partial charge in [-0.25, -0.2) is 0 Å². The third-order valence-corrected chi connectivity index (χ3v) is 6.05. The van der Waals surface area contributed by atoms with Gasteiger partial charge in [0.25, 0.3) is 17.7 Å². The number of nitrogens with one attached hydrogen (secondary N) is 2. The third kappa shape index (κ3) is 5.79. The Morgan fingerprint density at radius 1 is 1.06 bits per heavy atom. The molecule has 1 aliphatic rings. The molecule has 0 atom stereocenters. The van der Waals surface area contributed by atoms with Gasteiger partial charge in [0.05, 0.1) is 5.69 Å². The number of aryl methyl sites for hydroxylation is 2. The number of anilines is 2. The highest BCUT2D eigenvalue weighted by Gasteiger charge is 2.34. The zero-order chi connectivity index (χ0) is 25.8. The van der Waals surface area contributed by atoms with Gasteiger partial charge in [0.15, 0.2) is 11.7 Å². The molecule has 3 amide bonds. The molecule has 0 spiro atoms. The van der Waals surface area contributed by atoms with Gasteiger partial charge in [0, 0.05) is 10.7 Å². The largest absolute Gasteiger partial charge is 0.484 e. The molecule has 1 fully saturated rings. The molecule has 9 heteroatoms. The topological polar surface area (TPSA) is 87.7 Å². The number of halogens is 1. The SMILES string of the molecule is Cc1ccc(NC(=O)COc2cccc(/C=C3\C(=O)NC(=S)N(c4ccc(Cl)cc4)C3=O)c2)cc1C. The number of thiocarbonyl (C=S) groups is 1. The van der Waals surface area contributed by atoms with Crippen LogP contribution in [0.2, 0.25) is 5.02 Å². The summed E-state index contributed by atoms with van der Waals surface area (Å²) in [6.45, 7) is 3.77. The molecule has 1 aliphatic heterocycles. The number of amides is 3. The number of carbonyl (C=O) groups excluding carboxylic acids is 3. The second-order valence-corrected chi connectivity index (χ2v) is 8.97. The first kappa shape index (κ1) is 25.1. The zero-order valence-corrected chi connectivity index (χ0v) is 21.1. The summed E-state index contributed by atoms with van der Waals surface area (Å²) in [6, 6.07) is 18.9. The lowest BCUT2D eigenvalue weighted by Gasteiger charge is -2.29. The van der Waals surface area contributed by atoms with E-state index in [-0.39, 0.29) is 23.2 Å². The number of nitrogens with zero attached hydrogens (tertiary/aromatic N) is 1. The normalized spacial score (nSPS) is 14.6. The maximum absolute atomic E-state index is 13.1. The highest BCUT2D eigenvalue weighted by atomic mass is 35.5. The van der Waals surface area contributed by atoms with Crippen LogP contribution < -0.4 is 20.3 Å². The maximum Gasteiger partial charge on any atom is 0.270 e. The minimum atomic E-state index is -0.602. The molecular formula is C27H22ClN3O4S. The fourth-order valence-electron chi connectivity index (χ4n) is 3.51. The molecule has 0 aliphatic carbocycles. The molecule has 36 heavy (non-hydrogen) atoms. The highest BCUT2D eigenvalue weighted by molar-refractivity contribution is 7.80. The van der Waals surface area contributed by atoms with Crippen molar-refractivity contribution in [2.75, 3.05) is 16.8 Å². The summed E-state index contributed by atoms with van der Waals surface area (Å²) in [5.74, 6) is -1.07. The number of hydrogen-bond acceptors (Lipinski definition) is 5. The summed E-state index contributed by atoms with van der Waals surface area (Å²) >= 11 is 11.1. The molecule has 0 aromatic heterocycles. The van der Waals surface area contributed by atoms with Crippen LogP contribution in [0.5, 0.6) is 5.75 Å². The summed E-state index contributed by atoms with van der Waals surface area (Å²) in [5.41, 5.74) is 3.83. The van der Waals surface area contributed by atoms with E-state index in [1.54, 1.807) is 48.5 Å². The number of hydrogen-bond donors (Lipinski definition) is 2. The summed E-state index contributed by atoms with van der Waals surface area (Å²) < 4.78 is 5.63. The molecule has 0 saturated carbocycles. The van der Waals surface area contributed by atoms with Crippen LogP contribution in [0.1, 0.15) is 16.7 Å². The molecule has 1 saturated heterocycles. The Balaban J connectivity index is 1.47. The van der Waals surface area contributed by atoms with Gasteiger partial charge >= 0.3 is 0 Å². The van der Waals surface area contributed by atoms with E-state index >= 15 is 0 Å². The summed E-state index contributed by atoms with van der Waals surface area (Å²) in [7, 11) is 0. The van der Waals surface area contributed by atoms with Crippen molar-refractivity contribution in [2.45, 2.75) is 13.8 Å². The average molecular weight is 520 g/mol. The van der Waals surface area contributed by atoms with E-state index in [1.807, 2.05) is 32.0 Å². The van der Waals surface area contributed by atoms with Gasteiger partial charge in [-0.3, -0.25) is 24.6 Å². The lowest BCUT2D eigenvalue weighted by Crippen LogP contribution is -2.54. The number of rotatable bonds is 6. The van der Waals surface area contributed by atoms with Crippen LogP contribution in [-0.2, 0) is 14.4 Å². The molecule has 0 bridgehead atoms. The first-order valence-electron chi connectivity index (χ1n) is 11.0. The van der Waals surface area contributed by atoms with Crippen molar-refractivity contribution in [3.8, 4) is 5.75 Å². The Morgan fingerprint density at radius 3 is 2.53 bits per heavy atom. The van der Waals surface area contributed by atoms with E-state index in [4.69, 9.17) is 28.6 Å². The standard InChI is InChI=1S/C27H22ClN3O4S/c1-16-6-9-20(12-17(16)2)29-24(32)15-35-22-5-3-4-18(13-22)14-23-25(33)30-27(36)31(26(23)34)21-10-7-19(28)8-11-21/h3-14H,15H2,1-2H3,(H,29,32)(H,30,33,36)/b23-14+. The van der Waals surface area contributed by atoms with E-state index in [2.05, 4.69) is 10.6 Å². The summed E-state index contributed by atoms with van der Waals surface area (Å²) in [4.78, 5) is 39.2. The fourth-order valence-corrected chi connectivity index (χ4v) is 3.92. The highest BCUT2D eigenvalue weighted by Crippen LogP contribution is 2.24. The van der Waals surface area contributed by atoms with Crippen LogP contribution in [-0.4, -0.2) is 29.4 Å². The molecule has 1 heterocycles. The van der Waals surface area contributed by atoms with Gasteiger partial charge in [-0.2, -0.15) is 0 Å². The number of carbonyl (C=O) groups is 3. The Kier molecular flexibility index (Phi) is 7.47. The monoisotopic (exact) mass is 519 g/mol. The minimum absolute atomic E-state index is 0.0173. The maximum atomic E-state index is 13.1. The van der Waals surface area contributed by atoms with Crippen molar-refractivity contribution in [3.05, 3.63) is 94.0 Å². The Morgan fingerprint density at radius 2 is 1.81 bits per heavy atom. The molecule has 0 radical (unpaired) electrons. The van der Waals surface area contributed by atoms with E-state index in [9.17, 15) is 14.4 Å². The Hall–Kier alpha value is -4.01. The second-order valence-electron chi connectivity index (χ2n) is 8.14. The molecule has 0 unspecified atom stereocenters. The lowest BCUT2D eigenvalue weighted by molar-refractivity contribution is -0.122. The van der Waals surface area contributed by atoms with Crippen LogP contribution in [0.15, 0.2) is 72.3 Å². The molecular weight excluding hydrogens is 498 g/mol. The van der Waals surface area contributed by atoms with Gasteiger partial charge in [-0.1, -0.05) is 29.8 Å². The van der Waals surface area contributed by atoms with Gasteiger partial charge in [-0.15, -0.1) is 0 Å². The average Bonchev–Trinajstić information content (AvgIpc) is 2.84. The van der Waals surface area contributed by atoms with Crippen LogP contribution in [0.4, 0.5) is 11.4 Å². The Bertz CT molecular complexity index is 1400. The quantitative estimate of drug-likeness (QED) is 0.277. The van der Waals surface area contributed by atoms with Crippen LogP contribution in [0.25, 0.3) is 6.08 Å². The first-order valence-corrected chi connectivity index (χ1v) is 11.8. The van der Waals surface area contributed by atoms with Crippen LogP contribution in [0.3, 0.4) is 0 Å². The van der Waals surface area contributed by atoms with E-state index in [0.29, 0.717) is 27.7 Å². The fraction of sp³-hybridized carbons (Fsp3) is 0.111. The molecule has 4 rings (SSSR count). The molecule has 182 valence electrons. The predicted molar refractivity (Wildman–Crippen MR) is 144 cm³/mol. The lowest BCUT2D eigenvalue weighted by atomic mass is 10.1. The molecule has 2 N–H and O–H groups in total. The van der Waals surface area contributed by atoms with E-state index in [0.717, 1.165) is 11.1 Å². The van der Waals surface area contributed by atoms with Crippen molar-refractivity contribution in [3.63, 3.8) is 0 Å². The van der Waals surface area contributed by atoms with Crippen molar-refractivity contribution in [1.82, 2.24) is 5.32 Å². The van der Waals surface area contributed by atoms with Crippen molar-refractivity contribution in [2.24, 2.45) is 0 Å². The summed E-state index contributed by atoms with van der Waals surface area (Å²) in [6.07, 6.45) is 1.45. The van der Waals surface area contributed by atoms with Crippen molar-refractivity contribution < 1.29 is 19.1 Å². The predicted octanol–water partition coefficient (Wildman–Crippen LogP) is 4.81. The smallest absolute Gasteiger partial charge is 0.270 e. The van der Waals surface area contributed by atoms with Crippen LogP contribution >= 0.6 is 23.8 Å². The third-order valence-electron chi connectivity index (χ3n) is 5.52. The van der Waals surface area contributed by atoms with Gasteiger partial charge < -0.3 is 10.1 Å². The van der Waals surface area contributed by atoms with Crippen molar-refractivity contribution >= 4 is 64.1 Å². The van der Waals surface area contributed by atoms with Gasteiger partial charge in [0.1, 0.15) is 11.3 Å². The molecule has 3 aromatic rings. The zero-order valence-electron chi connectivity index (χ0n) is 19.5. The second kappa shape index (κ2) is 10.7. The van der Waals surface area contributed by atoms with E-state index < -0.39 is 11.8 Å². The van der Waals surface area contributed by atoms with Gasteiger partial charge in [0.2, 0.25) is 0 Å². The molecule has 3 aromatic carbocycles. The number of benzene rings is 3. The minimum Gasteiger partial charge on any atom is -0.484 e. The Labute approximate surface area is 218 Å². The number of ether oxygens (including phenoxy) is 1. The van der Waals surface area contributed by atoms with Crippen LogP contribution in [0, 0.1) is 13.8 Å². The summed E-state index contributed by atoms with van der Waals surface area (Å²) in [5, 5.41) is 5.83. The van der Waals surface area contributed by atoms with Crippen molar-refractivity contribution in [1.29, 1.82) is 0 Å². The first-order chi connectivity index (χ1) is 17.2.